The van der Waals surface area contributed by atoms with E-state index in [-0.39, 0.29) is 16.4 Å². The first kappa shape index (κ1) is 21.3. The summed E-state index contributed by atoms with van der Waals surface area (Å²) in [4.78, 5) is 16.0. The number of methoxy groups -OCH3 is 1. The number of hydrogen-bond acceptors (Lipinski definition) is 5. The van der Waals surface area contributed by atoms with Gasteiger partial charge >= 0.3 is 6.03 Å². The van der Waals surface area contributed by atoms with Crippen molar-refractivity contribution in [1.29, 1.82) is 0 Å². The molecule has 0 bridgehead atoms. The number of nitrogens with zero attached hydrogens (tertiary/aromatic N) is 1. The zero-order valence-electron chi connectivity index (χ0n) is 16.1. The van der Waals surface area contributed by atoms with Gasteiger partial charge in [0, 0.05) is 24.6 Å². The van der Waals surface area contributed by atoms with Gasteiger partial charge in [-0.1, -0.05) is 12.1 Å². The Morgan fingerprint density at radius 1 is 1.10 bits per heavy atom. The molecule has 2 amide bonds. The van der Waals surface area contributed by atoms with Gasteiger partial charge in [-0.2, -0.15) is 0 Å². The SMILES string of the molecule is COc1ccc(CS(=O)(=O)c2ccc(NC(=O)NCc3cccnc3)cc2)cc1F. The quantitative estimate of drug-likeness (QED) is 0.599. The maximum Gasteiger partial charge on any atom is 0.319 e. The highest BCUT2D eigenvalue weighted by atomic mass is 32.2. The van der Waals surface area contributed by atoms with Crippen molar-refractivity contribution in [1.82, 2.24) is 10.3 Å². The van der Waals surface area contributed by atoms with Gasteiger partial charge in [0.05, 0.1) is 17.8 Å². The standard InChI is InChI=1S/C21H20FN3O4S/c1-29-20-9-4-15(11-19(20)22)14-30(27,28)18-7-5-17(6-8-18)25-21(26)24-13-16-3-2-10-23-12-16/h2-12H,13-14H2,1H3,(H2,24,25,26). The minimum absolute atomic E-state index is 0.0494. The van der Waals surface area contributed by atoms with Gasteiger partial charge in [0.15, 0.2) is 21.4 Å². The summed E-state index contributed by atoms with van der Waals surface area (Å²) in [7, 11) is -2.35. The summed E-state index contributed by atoms with van der Waals surface area (Å²) < 4.78 is 43.8. The van der Waals surface area contributed by atoms with Gasteiger partial charge in [-0.05, 0) is 53.6 Å². The number of pyridine rings is 1. The number of sulfone groups is 1. The van der Waals surface area contributed by atoms with Crippen LogP contribution < -0.4 is 15.4 Å². The molecule has 0 atom stereocenters. The molecule has 2 N–H and O–H groups in total. The zero-order valence-corrected chi connectivity index (χ0v) is 16.9. The Labute approximate surface area is 173 Å². The predicted molar refractivity (Wildman–Crippen MR) is 110 cm³/mol. The van der Waals surface area contributed by atoms with Crippen molar-refractivity contribution < 1.29 is 22.3 Å². The lowest BCUT2D eigenvalue weighted by atomic mass is 10.2. The van der Waals surface area contributed by atoms with Crippen molar-refractivity contribution in [2.24, 2.45) is 0 Å². The lowest BCUT2D eigenvalue weighted by molar-refractivity contribution is 0.251. The van der Waals surface area contributed by atoms with Crippen LogP contribution in [0.3, 0.4) is 0 Å². The Hall–Kier alpha value is -3.46. The van der Waals surface area contributed by atoms with E-state index in [0.717, 1.165) is 11.6 Å². The van der Waals surface area contributed by atoms with Crippen LogP contribution in [0.15, 0.2) is 71.9 Å². The summed E-state index contributed by atoms with van der Waals surface area (Å²) in [6.07, 6.45) is 3.29. The fourth-order valence-corrected chi connectivity index (χ4v) is 4.04. The molecular formula is C21H20FN3O4S. The Morgan fingerprint density at radius 3 is 2.50 bits per heavy atom. The highest BCUT2D eigenvalue weighted by Gasteiger charge is 2.17. The van der Waals surface area contributed by atoms with Crippen molar-refractivity contribution in [2.45, 2.75) is 17.2 Å². The summed E-state index contributed by atoms with van der Waals surface area (Å²) in [6, 6.07) is 13.0. The molecule has 0 spiro atoms. The monoisotopic (exact) mass is 429 g/mol. The van der Waals surface area contributed by atoms with Crippen LogP contribution in [0.4, 0.5) is 14.9 Å². The number of benzene rings is 2. The van der Waals surface area contributed by atoms with Crippen molar-refractivity contribution >= 4 is 21.6 Å². The van der Waals surface area contributed by atoms with Crippen molar-refractivity contribution in [3.63, 3.8) is 0 Å². The number of anilines is 1. The minimum Gasteiger partial charge on any atom is -0.494 e. The molecule has 0 aliphatic rings. The van der Waals surface area contributed by atoms with E-state index in [1.54, 1.807) is 18.5 Å². The summed E-state index contributed by atoms with van der Waals surface area (Å²) in [5.74, 6) is -0.929. The molecule has 0 unspecified atom stereocenters. The number of halogens is 1. The molecule has 9 heteroatoms. The van der Waals surface area contributed by atoms with Crippen LogP contribution in [-0.4, -0.2) is 26.5 Å². The first-order chi connectivity index (χ1) is 14.4. The molecule has 3 aromatic rings. The van der Waals surface area contributed by atoms with E-state index in [4.69, 9.17) is 4.74 Å². The normalized spacial score (nSPS) is 11.0. The van der Waals surface area contributed by atoms with Gasteiger partial charge < -0.3 is 15.4 Å². The third-order valence-electron chi connectivity index (χ3n) is 4.22. The number of carbonyl (C=O) groups is 1. The fraction of sp³-hybridized carbons (Fsp3) is 0.143. The molecule has 2 aromatic carbocycles. The van der Waals surface area contributed by atoms with E-state index in [0.29, 0.717) is 17.8 Å². The van der Waals surface area contributed by atoms with Crippen LogP contribution in [0.5, 0.6) is 5.75 Å². The maximum atomic E-state index is 13.8. The largest absolute Gasteiger partial charge is 0.494 e. The number of urea groups is 1. The smallest absolute Gasteiger partial charge is 0.319 e. The fourth-order valence-electron chi connectivity index (χ4n) is 2.71. The molecule has 1 heterocycles. The number of carbonyl (C=O) groups excluding carboxylic acids is 1. The van der Waals surface area contributed by atoms with Gasteiger partial charge in [-0.3, -0.25) is 4.98 Å². The lowest BCUT2D eigenvalue weighted by Crippen LogP contribution is -2.28. The second-order valence-electron chi connectivity index (χ2n) is 6.42. The average molecular weight is 429 g/mol. The van der Waals surface area contributed by atoms with E-state index in [1.807, 2.05) is 6.07 Å². The van der Waals surface area contributed by atoms with Crippen LogP contribution in [0.25, 0.3) is 0 Å². The number of amides is 2. The molecule has 1 aromatic heterocycles. The molecule has 0 fully saturated rings. The van der Waals surface area contributed by atoms with Crippen LogP contribution in [-0.2, 0) is 22.1 Å². The second kappa shape index (κ2) is 9.36. The van der Waals surface area contributed by atoms with Crippen molar-refractivity contribution in [2.75, 3.05) is 12.4 Å². The van der Waals surface area contributed by atoms with E-state index in [2.05, 4.69) is 15.6 Å². The summed E-state index contributed by atoms with van der Waals surface area (Å²) in [6.45, 7) is 0.310. The topological polar surface area (TPSA) is 97.4 Å². The predicted octanol–water partition coefficient (Wildman–Crippen LogP) is 3.52. The Kier molecular flexibility index (Phi) is 6.63. The second-order valence-corrected chi connectivity index (χ2v) is 8.41. The van der Waals surface area contributed by atoms with Crippen LogP contribution in [0.2, 0.25) is 0 Å². The summed E-state index contributed by atoms with van der Waals surface area (Å²) >= 11 is 0. The summed E-state index contributed by atoms with van der Waals surface area (Å²) in [5.41, 5.74) is 1.60. The van der Waals surface area contributed by atoms with Gasteiger partial charge in [0.1, 0.15) is 0 Å². The minimum atomic E-state index is -3.68. The van der Waals surface area contributed by atoms with Crippen molar-refractivity contribution in [3.05, 3.63) is 83.9 Å². The Morgan fingerprint density at radius 2 is 1.87 bits per heavy atom. The van der Waals surface area contributed by atoms with Gasteiger partial charge in [-0.25, -0.2) is 17.6 Å². The highest BCUT2D eigenvalue weighted by molar-refractivity contribution is 7.90. The molecule has 0 aliphatic carbocycles. The molecule has 0 aliphatic heterocycles. The molecular weight excluding hydrogens is 409 g/mol. The third-order valence-corrected chi connectivity index (χ3v) is 5.92. The van der Waals surface area contributed by atoms with E-state index < -0.39 is 21.7 Å². The highest BCUT2D eigenvalue weighted by Crippen LogP contribution is 2.22. The Bertz CT molecular complexity index is 1120. The van der Waals surface area contributed by atoms with Gasteiger partial charge in [0.25, 0.3) is 0 Å². The number of hydrogen-bond donors (Lipinski definition) is 2. The van der Waals surface area contributed by atoms with E-state index in [9.17, 15) is 17.6 Å². The molecule has 3 rings (SSSR count). The average Bonchev–Trinajstić information content (AvgIpc) is 2.73. The number of rotatable bonds is 7. The summed E-state index contributed by atoms with van der Waals surface area (Å²) in [5, 5.41) is 5.32. The van der Waals surface area contributed by atoms with Crippen molar-refractivity contribution in [3.8, 4) is 5.75 Å². The van der Waals surface area contributed by atoms with Gasteiger partial charge in [0.2, 0.25) is 0 Å². The van der Waals surface area contributed by atoms with E-state index in [1.165, 1.54) is 43.5 Å². The first-order valence-electron chi connectivity index (χ1n) is 8.96. The van der Waals surface area contributed by atoms with Crippen LogP contribution >= 0.6 is 0 Å². The molecule has 30 heavy (non-hydrogen) atoms. The van der Waals surface area contributed by atoms with Gasteiger partial charge in [-0.15, -0.1) is 0 Å². The maximum absolute atomic E-state index is 13.8. The third kappa shape index (κ3) is 5.54. The number of aromatic nitrogens is 1. The van der Waals surface area contributed by atoms with Crippen LogP contribution in [0, 0.1) is 5.82 Å². The van der Waals surface area contributed by atoms with Crippen LogP contribution in [0.1, 0.15) is 11.1 Å². The molecule has 7 nitrogen and oxygen atoms in total. The molecule has 156 valence electrons. The molecule has 0 radical (unpaired) electrons. The van der Waals surface area contributed by atoms with E-state index >= 15 is 0 Å². The lowest BCUT2D eigenvalue weighted by Gasteiger charge is -2.09. The zero-order chi connectivity index (χ0) is 21.6. The molecule has 0 saturated heterocycles. The molecule has 0 saturated carbocycles. The number of ether oxygens (including phenoxy) is 1. The Balaban J connectivity index is 1.61. The first-order valence-corrected chi connectivity index (χ1v) is 10.6. The number of nitrogens with one attached hydrogen (secondary N) is 2.